The summed E-state index contributed by atoms with van der Waals surface area (Å²) in [5.41, 5.74) is 9.23. The normalized spacial score (nSPS) is 13.2. The Morgan fingerprint density at radius 2 is 1.72 bits per heavy atom. The lowest BCUT2D eigenvalue weighted by Gasteiger charge is -2.21. The third kappa shape index (κ3) is 5.89. The lowest BCUT2D eigenvalue weighted by molar-refractivity contribution is 0.0600. The van der Waals surface area contributed by atoms with E-state index in [1.165, 1.54) is 7.11 Å². The number of ether oxygens (including phenoxy) is 2. The first-order valence-corrected chi connectivity index (χ1v) is 16.5. The van der Waals surface area contributed by atoms with E-state index >= 15 is 0 Å². The number of halogens is 2. The summed E-state index contributed by atoms with van der Waals surface area (Å²) in [6.07, 6.45) is 2.00. The van der Waals surface area contributed by atoms with Crippen LogP contribution in [-0.2, 0) is 24.8 Å². The van der Waals surface area contributed by atoms with Crippen molar-refractivity contribution in [3.05, 3.63) is 97.9 Å². The number of carbonyl (C=O) groups is 2. The number of esters is 1. The van der Waals surface area contributed by atoms with Crippen molar-refractivity contribution in [1.29, 1.82) is 0 Å². The topological polar surface area (TPSA) is 78.6 Å². The predicted octanol–water partition coefficient (Wildman–Crippen LogP) is 8.43. The second kappa shape index (κ2) is 13.1. The fourth-order valence-corrected chi connectivity index (χ4v) is 7.15. The quantitative estimate of drug-likeness (QED) is 0.122. The largest absolute Gasteiger partial charge is 0.494 e. The molecule has 0 saturated heterocycles. The van der Waals surface area contributed by atoms with E-state index in [-0.39, 0.29) is 5.91 Å². The van der Waals surface area contributed by atoms with Crippen LogP contribution in [-0.4, -0.2) is 46.5 Å². The Kier molecular flexibility index (Phi) is 9.09. The van der Waals surface area contributed by atoms with E-state index in [0.29, 0.717) is 60.9 Å². The van der Waals surface area contributed by atoms with E-state index in [1.807, 2.05) is 69.8 Å². The molecule has 0 unspecified atom stereocenters. The van der Waals surface area contributed by atoms with Gasteiger partial charge in [-0.3, -0.25) is 9.48 Å². The van der Waals surface area contributed by atoms with Crippen molar-refractivity contribution >= 4 is 51.7 Å². The van der Waals surface area contributed by atoms with Crippen molar-refractivity contribution < 1.29 is 19.1 Å². The molecule has 0 aliphatic carbocycles. The van der Waals surface area contributed by atoms with Crippen LogP contribution in [0.15, 0.2) is 48.5 Å². The van der Waals surface area contributed by atoms with Crippen LogP contribution in [0.2, 0.25) is 10.0 Å². The summed E-state index contributed by atoms with van der Waals surface area (Å²) >= 11 is 13.4. The number of benzene rings is 3. The number of anilines is 1. The molecule has 2 aromatic heterocycles. The second-order valence-corrected chi connectivity index (χ2v) is 12.9. The Morgan fingerprint density at radius 1 is 0.979 bits per heavy atom. The van der Waals surface area contributed by atoms with E-state index in [1.54, 1.807) is 23.1 Å². The van der Waals surface area contributed by atoms with Gasteiger partial charge in [-0.05, 0) is 100 Å². The zero-order valence-electron chi connectivity index (χ0n) is 27.5. The molecule has 5 aromatic rings. The summed E-state index contributed by atoms with van der Waals surface area (Å²) < 4.78 is 15.1. The first-order valence-electron chi connectivity index (χ1n) is 15.8. The van der Waals surface area contributed by atoms with Gasteiger partial charge in [-0.25, -0.2) is 4.79 Å². The van der Waals surface area contributed by atoms with E-state index < -0.39 is 5.97 Å². The van der Waals surface area contributed by atoms with Crippen LogP contribution < -0.4 is 9.64 Å². The maximum Gasteiger partial charge on any atom is 0.337 e. The third-order valence-corrected chi connectivity index (χ3v) is 9.99. The molecule has 1 amide bonds. The molecule has 0 N–H and O–H groups in total. The average Bonchev–Trinajstić information content (AvgIpc) is 3.42. The van der Waals surface area contributed by atoms with Gasteiger partial charge in [0.25, 0.3) is 5.91 Å². The van der Waals surface area contributed by atoms with E-state index in [4.69, 9.17) is 32.7 Å². The van der Waals surface area contributed by atoms with Crippen molar-refractivity contribution in [2.45, 2.75) is 53.5 Å². The van der Waals surface area contributed by atoms with Gasteiger partial charge in [0, 0.05) is 53.1 Å². The number of aromatic nitrogens is 3. The molecule has 8 nitrogen and oxygen atoms in total. The highest BCUT2D eigenvalue weighted by molar-refractivity contribution is 6.35. The Labute approximate surface area is 284 Å². The molecule has 244 valence electrons. The highest BCUT2D eigenvalue weighted by Crippen LogP contribution is 2.43. The molecular formula is C37H38Cl2N4O4. The third-order valence-electron chi connectivity index (χ3n) is 9.08. The van der Waals surface area contributed by atoms with Gasteiger partial charge in [-0.2, -0.15) is 5.10 Å². The standard InChI is InChI=1S/C37H38Cl2N4O4/c1-21-18-27(19-22(2)33(21)39)47-17-8-12-28-29-13-14-30(38)32(31-23(3)40-41(5)24(31)4)34(29)43-16-9-15-42(36(44)35(28)43)26-11-7-10-25(20-26)37(45)46-6/h7,10-11,13-14,18-20H,8-9,12,15-17H2,1-6H3. The lowest BCUT2D eigenvalue weighted by Crippen LogP contribution is -2.31. The molecule has 3 aromatic carbocycles. The molecule has 0 spiro atoms. The van der Waals surface area contributed by atoms with Crippen molar-refractivity contribution in [3.63, 3.8) is 0 Å². The summed E-state index contributed by atoms with van der Waals surface area (Å²) in [7, 11) is 3.28. The molecule has 47 heavy (non-hydrogen) atoms. The number of amides is 1. The number of hydrogen-bond acceptors (Lipinski definition) is 5. The van der Waals surface area contributed by atoms with Crippen LogP contribution >= 0.6 is 23.2 Å². The second-order valence-electron chi connectivity index (χ2n) is 12.1. The van der Waals surface area contributed by atoms with Gasteiger partial charge in [0.2, 0.25) is 0 Å². The number of methoxy groups -OCH3 is 1. The van der Waals surface area contributed by atoms with Gasteiger partial charge in [0.15, 0.2) is 0 Å². The molecule has 3 heterocycles. The van der Waals surface area contributed by atoms with Gasteiger partial charge in [-0.15, -0.1) is 0 Å². The van der Waals surface area contributed by atoms with Crippen LogP contribution in [0.4, 0.5) is 5.69 Å². The molecule has 0 bridgehead atoms. The van der Waals surface area contributed by atoms with E-state index in [0.717, 1.165) is 60.9 Å². The summed E-state index contributed by atoms with van der Waals surface area (Å²) in [5, 5.41) is 7.03. The Hall–Kier alpha value is -4.27. The predicted molar refractivity (Wildman–Crippen MR) is 187 cm³/mol. The Balaban J connectivity index is 1.47. The molecule has 6 rings (SSSR count). The summed E-state index contributed by atoms with van der Waals surface area (Å²) in [6, 6.07) is 14.9. The molecule has 0 fully saturated rings. The zero-order chi connectivity index (χ0) is 33.6. The van der Waals surface area contributed by atoms with E-state index in [2.05, 4.69) is 9.67 Å². The molecule has 0 atom stereocenters. The maximum absolute atomic E-state index is 14.7. The molecule has 1 aliphatic heterocycles. The Bertz CT molecular complexity index is 2020. The van der Waals surface area contributed by atoms with Gasteiger partial charge in [0.05, 0.1) is 35.5 Å². The molecule has 0 radical (unpaired) electrons. The van der Waals surface area contributed by atoms with Crippen LogP contribution in [0.25, 0.3) is 22.0 Å². The van der Waals surface area contributed by atoms with Crippen molar-refractivity contribution in [2.24, 2.45) is 7.05 Å². The van der Waals surface area contributed by atoms with Gasteiger partial charge < -0.3 is 18.9 Å². The van der Waals surface area contributed by atoms with Crippen LogP contribution in [0, 0.1) is 27.7 Å². The Morgan fingerprint density at radius 3 is 2.40 bits per heavy atom. The minimum absolute atomic E-state index is 0.123. The summed E-state index contributed by atoms with van der Waals surface area (Å²) in [5.74, 6) is 0.202. The minimum atomic E-state index is -0.448. The summed E-state index contributed by atoms with van der Waals surface area (Å²) in [6.45, 7) is 9.54. The molecule has 1 aliphatic rings. The van der Waals surface area contributed by atoms with Crippen molar-refractivity contribution in [2.75, 3.05) is 25.2 Å². The highest BCUT2D eigenvalue weighted by atomic mass is 35.5. The fraction of sp³-hybridized carbons (Fsp3) is 0.324. The number of rotatable bonds is 8. The summed E-state index contributed by atoms with van der Waals surface area (Å²) in [4.78, 5) is 28.8. The van der Waals surface area contributed by atoms with Crippen molar-refractivity contribution in [3.8, 4) is 16.9 Å². The van der Waals surface area contributed by atoms with Gasteiger partial charge in [-0.1, -0.05) is 35.3 Å². The van der Waals surface area contributed by atoms with Crippen LogP contribution in [0.3, 0.4) is 0 Å². The number of hydrogen-bond donors (Lipinski definition) is 0. The van der Waals surface area contributed by atoms with Crippen LogP contribution in [0.5, 0.6) is 5.75 Å². The first-order chi connectivity index (χ1) is 22.5. The number of carbonyl (C=O) groups excluding carboxylic acids is 2. The number of nitrogens with zero attached hydrogens (tertiary/aromatic N) is 4. The highest BCUT2D eigenvalue weighted by Gasteiger charge is 2.32. The van der Waals surface area contributed by atoms with E-state index in [9.17, 15) is 9.59 Å². The molecular weight excluding hydrogens is 635 g/mol. The molecule has 10 heteroatoms. The lowest BCUT2D eigenvalue weighted by atomic mass is 9.98. The van der Waals surface area contributed by atoms with Crippen LogP contribution in [0.1, 0.15) is 61.8 Å². The number of fused-ring (bicyclic) bond motifs is 3. The average molecular weight is 674 g/mol. The smallest absolute Gasteiger partial charge is 0.337 e. The first kappa shape index (κ1) is 32.7. The number of aryl methyl sites for hydroxylation is 6. The van der Waals surface area contributed by atoms with Gasteiger partial charge >= 0.3 is 5.97 Å². The fourth-order valence-electron chi connectivity index (χ4n) is 6.80. The van der Waals surface area contributed by atoms with Gasteiger partial charge in [0.1, 0.15) is 11.4 Å². The monoisotopic (exact) mass is 672 g/mol. The maximum atomic E-state index is 14.7. The molecule has 0 saturated carbocycles. The SMILES string of the molecule is COC(=O)c1cccc(N2CCCn3c(c(CCCOc4cc(C)c(Cl)c(C)c4)c4ccc(Cl)c(-c5c(C)nn(C)c5C)c43)C2=O)c1. The minimum Gasteiger partial charge on any atom is -0.494 e. The van der Waals surface area contributed by atoms with Crippen molar-refractivity contribution in [1.82, 2.24) is 14.3 Å². The zero-order valence-corrected chi connectivity index (χ0v) is 29.1.